The Morgan fingerprint density at radius 1 is 1.07 bits per heavy atom. The van der Waals surface area contributed by atoms with Crippen molar-refractivity contribution in [2.75, 3.05) is 5.73 Å². The first-order valence-corrected chi connectivity index (χ1v) is 4.82. The Morgan fingerprint density at radius 3 is 2.47 bits per heavy atom. The van der Waals surface area contributed by atoms with Crippen LogP contribution in [-0.2, 0) is 0 Å². The maximum Gasteiger partial charge on any atom is 0.0886 e. The monoisotopic (exact) mass is 199 g/mol. The molecule has 2 rings (SSSR count). The van der Waals surface area contributed by atoms with Gasteiger partial charge in [0.2, 0.25) is 0 Å². The molecule has 1 heterocycles. The molecule has 0 fully saturated rings. The molecule has 0 aliphatic carbocycles. The molecule has 76 valence electrons. The van der Waals surface area contributed by atoms with Crippen molar-refractivity contribution in [3.8, 4) is 11.3 Å². The van der Waals surface area contributed by atoms with Gasteiger partial charge in [0.25, 0.3) is 0 Å². The van der Waals surface area contributed by atoms with Gasteiger partial charge in [-0.3, -0.25) is 9.97 Å². The summed E-state index contributed by atoms with van der Waals surface area (Å²) >= 11 is 0. The van der Waals surface area contributed by atoms with Crippen LogP contribution in [0.3, 0.4) is 0 Å². The summed E-state index contributed by atoms with van der Waals surface area (Å²) in [4.78, 5) is 8.51. The van der Waals surface area contributed by atoms with Gasteiger partial charge in [0.05, 0.1) is 17.6 Å². The number of benzene rings is 1. The van der Waals surface area contributed by atoms with Gasteiger partial charge in [0, 0.05) is 17.4 Å². The highest BCUT2D eigenvalue weighted by atomic mass is 14.8. The van der Waals surface area contributed by atoms with E-state index in [4.69, 9.17) is 5.73 Å². The number of rotatable bonds is 1. The highest BCUT2D eigenvalue weighted by Gasteiger charge is 2.01. The molecule has 0 atom stereocenters. The third-order valence-electron chi connectivity index (χ3n) is 2.36. The predicted molar refractivity (Wildman–Crippen MR) is 61.4 cm³/mol. The molecule has 0 radical (unpaired) electrons. The van der Waals surface area contributed by atoms with E-state index >= 15 is 0 Å². The summed E-state index contributed by atoms with van der Waals surface area (Å²) in [6.07, 6.45) is 3.52. The standard InChI is InChI=1S/C12H13N3/c1-8-3-4-10(5-11(8)13)12-7-14-9(2)6-15-12/h3-7H,13H2,1-2H3. The number of hydrogen-bond donors (Lipinski definition) is 1. The Morgan fingerprint density at radius 2 is 1.87 bits per heavy atom. The molecular weight excluding hydrogens is 186 g/mol. The molecule has 0 aliphatic rings. The lowest BCUT2D eigenvalue weighted by Crippen LogP contribution is -1.92. The first-order valence-electron chi connectivity index (χ1n) is 4.82. The van der Waals surface area contributed by atoms with Crippen LogP contribution in [0.2, 0.25) is 0 Å². The molecule has 0 bridgehead atoms. The number of aromatic nitrogens is 2. The molecule has 0 aliphatic heterocycles. The SMILES string of the molecule is Cc1cnc(-c2ccc(C)c(N)c2)cn1. The van der Waals surface area contributed by atoms with Gasteiger partial charge in [-0.05, 0) is 25.5 Å². The topological polar surface area (TPSA) is 51.8 Å². The molecule has 3 nitrogen and oxygen atoms in total. The van der Waals surface area contributed by atoms with Crippen LogP contribution in [0.25, 0.3) is 11.3 Å². The zero-order valence-corrected chi connectivity index (χ0v) is 8.86. The fraction of sp³-hybridized carbons (Fsp3) is 0.167. The van der Waals surface area contributed by atoms with Crippen molar-refractivity contribution in [2.24, 2.45) is 0 Å². The summed E-state index contributed by atoms with van der Waals surface area (Å²) in [6.45, 7) is 3.90. The Bertz CT molecular complexity index is 475. The molecule has 1 aromatic heterocycles. The fourth-order valence-electron chi connectivity index (χ4n) is 1.34. The summed E-state index contributed by atoms with van der Waals surface area (Å²) < 4.78 is 0. The van der Waals surface area contributed by atoms with Gasteiger partial charge in [-0.1, -0.05) is 12.1 Å². The largest absolute Gasteiger partial charge is 0.398 e. The first-order chi connectivity index (χ1) is 7.16. The zero-order chi connectivity index (χ0) is 10.8. The van der Waals surface area contributed by atoms with Crippen molar-refractivity contribution in [1.82, 2.24) is 9.97 Å². The Kier molecular flexibility index (Phi) is 2.37. The number of hydrogen-bond acceptors (Lipinski definition) is 3. The van der Waals surface area contributed by atoms with Crippen LogP contribution in [-0.4, -0.2) is 9.97 Å². The van der Waals surface area contributed by atoms with Gasteiger partial charge in [-0.15, -0.1) is 0 Å². The van der Waals surface area contributed by atoms with E-state index in [1.807, 2.05) is 32.0 Å². The second-order valence-corrected chi connectivity index (χ2v) is 3.61. The second kappa shape index (κ2) is 3.69. The highest BCUT2D eigenvalue weighted by Crippen LogP contribution is 2.21. The lowest BCUT2D eigenvalue weighted by molar-refractivity contribution is 1.12. The van der Waals surface area contributed by atoms with Crippen molar-refractivity contribution in [1.29, 1.82) is 0 Å². The van der Waals surface area contributed by atoms with Crippen LogP contribution in [0.4, 0.5) is 5.69 Å². The zero-order valence-electron chi connectivity index (χ0n) is 8.86. The van der Waals surface area contributed by atoms with Gasteiger partial charge < -0.3 is 5.73 Å². The Labute approximate surface area is 89.0 Å². The van der Waals surface area contributed by atoms with Crippen molar-refractivity contribution in [3.05, 3.63) is 41.9 Å². The summed E-state index contributed by atoms with van der Waals surface area (Å²) in [6, 6.07) is 5.92. The van der Waals surface area contributed by atoms with E-state index in [1.54, 1.807) is 12.4 Å². The third-order valence-corrected chi connectivity index (χ3v) is 2.36. The minimum atomic E-state index is 0.787. The lowest BCUT2D eigenvalue weighted by atomic mass is 10.1. The summed E-state index contributed by atoms with van der Waals surface area (Å²) in [5.74, 6) is 0. The maximum atomic E-state index is 5.84. The van der Waals surface area contributed by atoms with Gasteiger partial charge in [0.1, 0.15) is 0 Å². The van der Waals surface area contributed by atoms with Crippen LogP contribution in [0.1, 0.15) is 11.3 Å². The minimum Gasteiger partial charge on any atom is -0.398 e. The molecule has 3 heteroatoms. The highest BCUT2D eigenvalue weighted by molar-refractivity contribution is 5.65. The van der Waals surface area contributed by atoms with Crippen LogP contribution >= 0.6 is 0 Å². The minimum absolute atomic E-state index is 0.787. The molecular formula is C12H13N3. The van der Waals surface area contributed by atoms with Crippen LogP contribution < -0.4 is 5.73 Å². The molecule has 2 aromatic rings. The van der Waals surface area contributed by atoms with Gasteiger partial charge in [0.15, 0.2) is 0 Å². The van der Waals surface area contributed by atoms with E-state index in [0.717, 1.165) is 28.2 Å². The fourth-order valence-corrected chi connectivity index (χ4v) is 1.34. The van der Waals surface area contributed by atoms with Crippen molar-refractivity contribution >= 4 is 5.69 Å². The first kappa shape index (κ1) is 9.65. The quantitative estimate of drug-likeness (QED) is 0.717. The molecule has 0 unspecified atom stereocenters. The van der Waals surface area contributed by atoms with E-state index in [1.165, 1.54) is 0 Å². The molecule has 0 saturated carbocycles. The molecule has 2 N–H and O–H groups in total. The van der Waals surface area contributed by atoms with E-state index < -0.39 is 0 Å². The average molecular weight is 199 g/mol. The third kappa shape index (κ3) is 1.96. The summed E-state index contributed by atoms with van der Waals surface area (Å²) in [7, 11) is 0. The number of nitrogens with zero attached hydrogens (tertiary/aromatic N) is 2. The Hall–Kier alpha value is -1.90. The smallest absolute Gasteiger partial charge is 0.0886 e. The normalized spacial score (nSPS) is 10.3. The molecule has 0 spiro atoms. The lowest BCUT2D eigenvalue weighted by Gasteiger charge is -2.04. The van der Waals surface area contributed by atoms with E-state index in [2.05, 4.69) is 9.97 Å². The summed E-state index contributed by atoms with van der Waals surface area (Å²) in [5, 5.41) is 0. The van der Waals surface area contributed by atoms with Crippen LogP contribution in [0.15, 0.2) is 30.6 Å². The van der Waals surface area contributed by atoms with Crippen LogP contribution in [0.5, 0.6) is 0 Å². The van der Waals surface area contributed by atoms with Gasteiger partial charge >= 0.3 is 0 Å². The van der Waals surface area contributed by atoms with Crippen molar-refractivity contribution in [3.63, 3.8) is 0 Å². The Balaban J connectivity index is 2.45. The number of aryl methyl sites for hydroxylation is 2. The van der Waals surface area contributed by atoms with E-state index in [9.17, 15) is 0 Å². The number of anilines is 1. The molecule has 15 heavy (non-hydrogen) atoms. The molecule has 0 amide bonds. The second-order valence-electron chi connectivity index (χ2n) is 3.61. The van der Waals surface area contributed by atoms with Crippen molar-refractivity contribution in [2.45, 2.75) is 13.8 Å². The summed E-state index contributed by atoms with van der Waals surface area (Å²) in [5.41, 5.74) is 10.5. The molecule has 0 saturated heterocycles. The van der Waals surface area contributed by atoms with Gasteiger partial charge in [-0.2, -0.15) is 0 Å². The van der Waals surface area contributed by atoms with Crippen LogP contribution in [0, 0.1) is 13.8 Å². The van der Waals surface area contributed by atoms with E-state index in [-0.39, 0.29) is 0 Å². The van der Waals surface area contributed by atoms with Crippen molar-refractivity contribution < 1.29 is 0 Å². The number of nitrogens with two attached hydrogens (primary N) is 1. The number of nitrogen functional groups attached to an aromatic ring is 1. The van der Waals surface area contributed by atoms with Gasteiger partial charge in [-0.25, -0.2) is 0 Å². The predicted octanol–water partition coefficient (Wildman–Crippen LogP) is 2.34. The maximum absolute atomic E-state index is 5.84. The average Bonchev–Trinajstić information content (AvgIpc) is 2.23. The molecule has 1 aromatic carbocycles. The van der Waals surface area contributed by atoms with E-state index in [0.29, 0.717) is 0 Å².